The molecular formula is C35H44F6N4O9S. The molecule has 1 aliphatic carbocycles. The number of alkyl halides is 6. The minimum Gasteiger partial charge on any atom is -0.506 e. The van der Waals surface area contributed by atoms with Gasteiger partial charge in [-0.3, -0.25) is 9.59 Å². The minimum absolute atomic E-state index is 0.102. The molecule has 306 valence electrons. The smallest absolute Gasteiger partial charge is 0.490 e. The number of phenols is 1. The molecule has 0 unspecified atom stereocenters. The van der Waals surface area contributed by atoms with E-state index in [4.69, 9.17) is 29.3 Å². The van der Waals surface area contributed by atoms with Gasteiger partial charge in [0, 0.05) is 32.1 Å². The molecule has 0 radical (unpaired) electrons. The number of ether oxygens (including phenoxy) is 2. The largest absolute Gasteiger partial charge is 0.506 e. The molecule has 5 rings (SSSR count). The number of rotatable bonds is 13. The number of thiazole rings is 1. The Hall–Kier alpha value is -4.56. The molecule has 0 bridgehead atoms. The molecule has 55 heavy (non-hydrogen) atoms. The summed E-state index contributed by atoms with van der Waals surface area (Å²) in [5, 5.41) is 31.2. The van der Waals surface area contributed by atoms with Crippen molar-refractivity contribution in [3.63, 3.8) is 0 Å². The Labute approximate surface area is 315 Å². The summed E-state index contributed by atoms with van der Waals surface area (Å²) in [5.74, 6) is -3.56. The van der Waals surface area contributed by atoms with Gasteiger partial charge in [0.15, 0.2) is 11.5 Å². The predicted octanol–water partition coefficient (Wildman–Crippen LogP) is 5.24. The first-order valence-corrected chi connectivity index (χ1v) is 18.3. The van der Waals surface area contributed by atoms with E-state index in [1.54, 1.807) is 6.07 Å². The number of carboxylic acids is 2. The minimum atomic E-state index is -5.08. The van der Waals surface area contributed by atoms with Gasteiger partial charge in [-0.25, -0.2) is 9.59 Å². The third-order valence-corrected chi connectivity index (χ3v) is 9.48. The third-order valence-electron chi connectivity index (χ3n) is 8.52. The number of fused-ring (bicyclic) bond motifs is 2. The molecule has 0 spiro atoms. The van der Waals surface area contributed by atoms with E-state index in [0.717, 1.165) is 78.4 Å². The highest BCUT2D eigenvalue weighted by atomic mass is 32.1. The van der Waals surface area contributed by atoms with E-state index >= 15 is 0 Å². The van der Waals surface area contributed by atoms with Gasteiger partial charge in [0.25, 0.3) is 0 Å². The number of carbonyl (C=O) groups is 3. The summed E-state index contributed by atoms with van der Waals surface area (Å²) in [5.41, 5.74) is 2.74. The van der Waals surface area contributed by atoms with Gasteiger partial charge in [-0.1, -0.05) is 49.2 Å². The van der Waals surface area contributed by atoms with Gasteiger partial charge >= 0.3 is 29.2 Å². The van der Waals surface area contributed by atoms with Crippen molar-refractivity contribution in [1.82, 2.24) is 20.5 Å². The zero-order valence-electron chi connectivity index (χ0n) is 29.7. The maximum Gasteiger partial charge on any atom is 0.490 e. The average molecular weight is 811 g/mol. The van der Waals surface area contributed by atoms with Crippen LogP contribution in [0.25, 0.3) is 10.2 Å². The van der Waals surface area contributed by atoms with Gasteiger partial charge in [-0.15, -0.1) is 0 Å². The number of aromatic amines is 1. The van der Waals surface area contributed by atoms with Crippen molar-refractivity contribution in [1.29, 1.82) is 0 Å². The van der Waals surface area contributed by atoms with Crippen LogP contribution in [0, 0.1) is 0 Å². The number of phenolic OH excluding ortho intramolecular Hbond substituents is 1. The van der Waals surface area contributed by atoms with Gasteiger partial charge in [-0.05, 0) is 68.1 Å². The van der Waals surface area contributed by atoms with Crippen LogP contribution in [0.3, 0.4) is 0 Å². The highest BCUT2D eigenvalue weighted by Gasteiger charge is 2.39. The van der Waals surface area contributed by atoms with Gasteiger partial charge in [0.05, 0.1) is 4.70 Å². The Morgan fingerprint density at radius 2 is 1.40 bits per heavy atom. The number of hydrogen-bond donors (Lipinski definition) is 6. The first kappa shape index (κ1) is 44.8. The van der Waals surface area contributed by atoms with Gasteiger partial charge in [0.2, 0.25) is 5.91 Å². The lowest BCUT2D eigenvalue weighted by molar-refractivity contribution is -0.193. The molecule has 1 fully saturated rings. The summed E-state index contributed by atoms with van der Waals surface area (Å²) < 4.78 is 75.6. The van der Waals surface area contributed by atoms with Crippen molar-refractivity contribution in [2.75, 3.05) is 45.9 Å². The standard InChI is InChI=1S/C31H42N4O5S.2C2HF3O2/c36-25-9-8-23(30-29(25)34-31(38)41-30)12-15-33-17-18-35(24-5-3-1-2-4-6-24)28(37)13-16-32-14-11-22-7-10-26-27(21-22)40-20-19-39-26;2*3-2(4,5)1(6)7/h7-10,21,24,32-33,36H,1-6,11-20H2,(H,34,38);2*(H,6,7). The van der Waals surface area contributed by atoms with Crippen LogP contribution >= 0.6 is 11.3 Å². The number of amides is 1. The predicted molar refractivity (Wildman–Crippen MR) is 190 cm³/mol. The number of carboxylic acid groups (broad SMARTS) is 2. The van der Waals surface area contributed by atoms with Crippen molar-refractivity contribution < 1.29 is 65.5 Å². The number of carbonyl (C=O) groups excluding carboxylic acids is 1. The van der Waals surface area contributed by atoms with E-state index in [1.165, 1.54) is 31.2 Å². The number of H-pyrrole nitrogens is 1. The average Bonchev–Trinajstić information content (AvgIpc) is 3.33. The second kappa shape index (κ2) is 21.5. The third kappa shape index (κ3) is 15.2. The number of aromatic hydroxyl groups is 1. The quantitative estimate of drug-likeness (QED) is 0.0753. The fourth-order valence-corrected chi connectivity index (χ4v) is 6.74. The van der Waals surface area contributed by atoms with E-state index in [0.29, 0.717) is 44.3 Å². The Balaban J connectivity index is 0.000000494. The molecule has 0 saturated heterocycles. The number of aliphatic carboxylic acids is 2. The second-order valence-electron chi connectivity index (χ2n) is 12.5. The number of halogens is 6. The SMILES string of the molecule is O=C(CCNCCc1ccc2c(c1)OCCO2)N(CCNCCc1ccc(O)c2[nH]c(=O)sc12)C1CCCCCC1.O=C(O)C(F)(F)F.O=C(O)C(F)(F)F. The van der Waals surface area contributed by atoms with Crippen LogP contribution in [0.15, 0.2) is 35.1 Å². The van der Waals surface area contributed by atoms with E-state index in [1.807, 2.05) is 18.2 Å². The van der Waals surface area contributed by atoms with Crippen LogP contribution in [0.4, 0.5) is 26.3 Å². The van der Waals surface area contributed by atoms with Crippen LogP contribution in [-0.4, -0.2) is 107 Å². The first-order valence-electron chi connectivity index (χ1n) is 17.5. The van der Waals surface area contributed by atoms with E-state index in [2.05, 4.69) is 26.6 Å². The Bertz CT molecular complexity index is 1730. The zero-order chi connectivity index (χ0) is 40.6. The number of nitrogens with zero attached hydrogens (tertiary/aromatic N) is 1. The summed E-state index contributed by atoms with van der Waals surface area (Å²) in [6, 6.07) is 9.93. The van der Waals surface area contributed by atoms with Crippen molar-refractivity contribution in [2.24, 2.45) is 0 Å². The summed E-state index contributed by atoms with van der Waals surface area (Å²) in [4.78, 5) is 47.6. The molecule has 2 aliphatic rings. The molecule has 1 aromatic heterocycles. The van der Waals surface area contributed by atoms with Crippen molar-refractivity contribution in [3.8, 4) is 17.2 Å². The van der Waals surface area contributed by atoms with E-state index in [-0.39, 0.29) is 16.5 Å². The maximum absolute atomic E-state index is 13.4. The monoisotopic (exact) mass is 810 g/mol. The number of benzene rings is 2. The fourth-order valence-electron chi connectivity index (χ4n) is 5.84. The lowest BCUT2D eigenvalue weighted by atomic mass is 10.1. The van der Waals surface area contributed by atoms with Crippen molar-refractivity contribution in [2.45, 2.75) is 76.2 Å². The van der Waals surface area contributed by atoms with Crippen LogP contribution < -0.4 is 25.0 Å². The first-order chi connectivity index (χ1) is 26.0. The van der Waals surface area contributed by atoms with E-state index in [9.17, 15) is 41.0 Å². The van der Waals surface area contributed by atoms with Crippen molar-refractivity contribution in [3.05, 3.63) is 51.1 Å². The number of aromatic nitrogens is 1. The van der Waals surface area contributed by atoms with Crippen LogP contribution in [0.1, 0.15) is 56.1 Å². The van der Waals surface area contributed by atoms with Gasteiger partial charge < -0.3 is 45.3 Å². The van der Waals surface area contributed by atoms with Gasteiger partial charge in [-0.2, -0.15) is 26.3 Å². The van der Waals surface area contributed by atoms with Gasteiger partial charge in [0.1, 0.15) is 24.5 Å². The normalized spacial score (nSPS) is 14.5. The summed E-state index contributed by atoms with van der Waals surface area (Å²) >= 11 is 1.13. The molecule has 2 heterocycles. The molecule has 20 heteroatoms. The molecule has 3 aromatic rings. The highest BCUT2D eigenvalue weighted by molar-refractivity contribution is 7.16. The highest BCUT2D eigenvalue weighted by Crippen LogP contribution is 2.31. The number of nitrogens with one attached hydrogen (secondary N) is 3. The topological polar surface area (TPSA) is 191 Å². The zero-order valence-corrected chi connectivity index (χ0v) is 30.5. The van der Waals surface area contributed by atoms with Crippen LogP contribution in [-0.2, 0) is 27.2 Å². The molecule has 13 nitrogen and oxygen atoms in total. The summed E-state index contributed by atoms with van der Waals surface area (Å²) in [6.07, 6.45) is -1.01. The fraction of sp³-hybridized carbons (Fsp3) is 0.543. The Morgan fingerprint density at radius 1 is 0.818 bits per heavy atom. The Morgan fingerprint density at radius 3 is 2.02 bits per heavy atom. The second-order valence-corrected chi connectivity index (χ2v) is 13.5. The molecule has 1 amide bonds. The van der Waals surface area contributed by atoms with Crippen molar-refractivity contribution >= 4 is 39.4 Å². The lowest BCUT2D eigenvalue weighted by Crippen LogP contribution is -2.45. The summed E-state index contributed by atoms with van der Waals surface area (Å²) in [7, 11) is 0. The number of hydrogen-bond acceptors (Lipinski definition) is 10. The lowest BCUT2D eigenvalue weighted by Gasteiger charge is -2.32. The van der Waals surface area contributed by atoms with Crippen LogP contribution in [0.5, 0.6) is 17.2 Å². The molecular weight excluding hydrogens is 766 g/mol. The van der Waals surface area contributed by atoms with E-state index < -0.39 is 24.3 Å². The molecule has 2 aromatic carbocycles. The molecule has 1 saturated carbocycles. The molecule has 6 N–H and O–H groups in total. The Kier molecular flexibility index (Phi) is 17.5. The summed E-state index contributed by atoms with van der Waals surface area (Å²) in [6.45, 7) is 4.81. The maximum atomic E-state index is 13.4. The molecule has 1 aliphatic heterocycles. The molecule has 0 atom stereocenters. The van der Waals surface area contributed by atoms with Crippen LogP contribution in [0.2, 0.25) is 0 Å².